The minimum absolute atomic E-state index is 0.0342. The number of thiol groups is 1. The van der Waals surface area contributed by atoms with Crippen LogP contribution in [-0.4, -0.2) is 93.8 Å². The molecule has 3 aliphatic heterocycles. The summed E-state index contributed by atoms with van der Waals surface area (Å²) in [5.41, 5.74) is 11.4. The van der Waals surface area contributed by atoms with Crippen molar-refractivity contribution in [2.45, 2.75) is 49.2 Å². The van der Waals surface area contributed by atoms with Crippen LogP contribution in [0, 0.1) is 0 Å². The Bertz CT molecular complexity index is 1880. The molecule has 18 nitrogen and oxygen atoms in total. The van der Waals surface area contributed by atoms with Gasteiger partial charge in [0.05, 0.1) is 0 Å². The molecule has 0 aromatic carbocycles. The number of ether oxygens (including phenoxy) is 2. The summed E-state index contributed by atoms with van der Waals surface area (Å²) in [6, 6.07) is 1.41. The monoisotopic (exact) mass is 711 g/mol. The fourth-order valence-corrected chi connectivity index (χ4v) is 8.51. The molecule has 3 unspecified atom stereocenters. The number of hydrogen-bond donors (Lipinski definition) is 6. The summed E-state index contributed by atoms with van der Waals surface area (Å²) in [7, 11) is -4.57. The molecule has 0 amide bonds. The Kier molecular flexibility index (Phi) is 7.86. The molecule has 45 heavy (non-hydrogen) atoms. The zero-order chi connectivity index (χ0) is 31.8. The van der Waals surface area contributed by atoms with E-state index in [4.69, 9.17) is 50.8 Å². The van der Waals surface area contributed by atoms with Crippen LogP contribution >= 0.6 is 26.1 Å². The third-order valence-corrected chi connectivity index (χ3v) is 10.8. The number of aromatic amines is 1. The number of rotatable bonds is 2. The van der Waals surface area contributed by atoms with Crippen LogP contribution in [0.25, 0.3) is 22.2 Å². The minimum atomic E-state index is -4.57. The van der Waals surface area contributed by atoms with Gasteiger partial charge in [-0.2, -0.15) is 0 Å². The third-order valence-electron chi connectivity index (χ3n) is 7.45. The number of imidazole rings is 1. The number of halogens is 2. The van der Waals surface area contributed by atoms with Gasteiger partial charge >= 0.3 is 261 Å². The van der Waals surface area contributed by atoms with Gasteiger partial charge in [0.1, 0.15) is 0 Å². The topological polar surface area (TPSA) is 242 Å². The Hall–Kier alpha value is -2.46. The molecule has 4 aromatic heterocycles. The number of nitrogens with one attached hydrogen (secondary N) is 1. The number of alkyl halides is 2. The maximum atomic E-state index is 16.0. The fourth-order valence-electron chi connectivity index (χ4n) is 5.43. The van der Waals surface area contributed by atoms with Crippen molar-refractivity contribution < 1.29 is 46.1 Å². The van der Waals surface area contributed by atoms with Crippen LogP contribution in [-0.2, 0) is 39.4 Å². The van der Waals surface area contributed by atoms with E-state index in [0.717, 1.165) is 6.33 Å². The van der Waals surface area contributed by atoms with Gasteiger partial charge in [0.2, 0.25) is 0 Å². The number of H-pyrrole nitrogens is 1. The predicted octanol–water partition coefficient (Wildman–Crippen LogP) is 0.566. The Labute approximate surface area is 260 Å². The Morgan fingerprint density at radius 3 is 2.67 bits per heavy atom. The van der Waals surface area contributed by atoms with Crippen LogP contribution in [0.5, 0.6) is 0 Å². The first-order valence-electron chi connectivity index (χ1n) is 13.1. The van der Waals surface area contributed by atoms with E-state index in [2.05, 4.69) is 37.2 Å². The number of nitrogen functional groups attached to an aromatic ring is 2. The zero-order valence-electron chi connectivity index (χ0n) is 22.5. The fraction of sp³-hybridized carbons (Fsp3) is 0.476. The van der Waals surface area contributed by atoms with E-state index in [9.17, 15) is 14.6 Å². The molecular weight excluding hydrogens is 686 g/mol. The van der Waals surface area contributed by atoms with Gasteiger partial charge in [0.25, 0.3) is 0 Å². The quantitative estimate of drug-likeness (QED) is 0.123. The maximum absolute atomic E-state index is 16.0. The van der Waals surface area contributed by atoms with Gasteiger partial charge in [-0.15, -0.1) is 0 Å². The van der Waals surface area contributed by atoms with Crippen LogP contribution in [0.15, 0.2) is 29.7 Å². The molecule has 0 saturated carbocycles. The van der Waals surface area contributed by atoms with E-state index >= 15 is 8.78 Å². The molecule has 7 rings (SSSR count). The van der Waals surface area contributed by atoms with Crippen molar-refractivity contribution in [1.82, 2.24) is 34.1 Å². The molecular formula is C21H25F2N9O9P2S2. The van der Waals surface area contributed by atoms with Crippen LogP contribution < -0.4 is 17.0 Å². The first kappa shape index (κ1) is 31.2. The predicted molar refractivity (Wildman–Crippen MR) is 160 cm³/mol. The van der Waals surface area contributed by atoms with Crippen LogP contribution in [0.1, 0.15) is 12.5 Å². The van der Waals surface area contributed by atoms with E-state index < -0.39 is 81.9 Å². The van der Waals surface area contributed by atoms with Gasteiger partial charge in [-0.25, -0.2) is 0 Å². The van der Waals surface area contributed by atoms with E-state index in [0.29, 0.717) is 0 Å². The van der Waals surface area contributed by atoms with Crippen molar-refractivity contribution in [1.29, 1.82) is 0 Å². The van der Waals surface area contributed by atoms with Crippen molar-refractivity contribution in [3.8, 4) is 0 Å². The summed E-state index contributed by atoms with van der Waals surface area (Å²) < 4.78 is 68.4. The summed E-state index contributed by atoms with van der Waals surface area (Å²) in [4.78, 5) is 52.9. The summed E-state index contributed by atoms with van der Waals surface area (Å²) in [5, 5.41) is 0.115. The van der Waals surface area contributed by atoms with Gasteiger partial charge in [-0.05, 0) is 0 Å². The first-order chi connectivity index (χ1) is 21.3. The number of hydrogen-bond acceptors (Lipinski definition) is 16. The molecule has 0 aliphatic carbocycles. The second-order valence-corrected chi connectivity index (χ2v) is 16.4. The molecule has 7 heterocycles. The van der Waals surface area contributed by atoms with Crippen molar-refractivity contribution in [3.05, 3.63) is 35.3 Å². The Balaban J connectivity index is 1.20. The first-order valence-corrected chi connectivity index (χ1v) is 18.8. The molecule has 4 aromatic rings. The van der Waals surface area contributed by atoms with Crippen LogP contribution in [0.3, 0.4) is 0 Å². The summed E-state index contributed by atoms with van der Waals surface area (Å²) in [6.45, 7) is -5.57. The molecule has 9 atom stereocenters. The van der Waals surface area contributed by atoms with Crippen LogP contribution in [0.4, 0.5) is 20.5 Å². The van der Waals surface area contributed by atoms with E-state index in [1.54, 1.807) is 0 Å². The standard InChI is InChI=1S/C21H25F2N9O9P2S2/c22-10-8-3-36-42(34,44)40-13-9(39-19(11(13)23)32-6-28-12-15(24)26-5-27-17(12)32)4-37-43(35,45)41-14(10)20(38-8)31-2-1-7-16(31)29-21(25)30-18(7)33/h1-2,5-6,8-11,13-14,19-20,35,43,45H,3-4H2,(H,34,44)(H2,24,26,27)(H3,25,29,30,33)/t8-,9-,10?,11+,13?,14?,19-,20-,42-/m1/s1. The van der Waals surface area contributed by atoms with Crippen LogP contribution in [0.2, 0.25) is 0 Å². The number of nitrogens with two attached hydrogens (primary N) is 2. The number of aromatic nitrogens is 7. The van der Waals surface area contributed by atoms with Gasteiger partial charge in [0, 0.05) is 0 Å². The second-order valence-electron chi connectivity index (χ2n) is 10.3. The summed E-state index contributed by atoms with van der Waals surface area (Å²) in [6.07, 6.45) is -9.00. The molecule has 3 aliphatic rings. The zero-order valence-corrected chi connectivity index (χ0v) is 26.1. The van der Waals surface area contributed by atoms with Gasteiger partial charge < -0.3 is 0 Å². The van der Waals surface area contributed by atoms with E-state index in [1.807, 2.05) is 0 Å². The number of anilines is 2. The summed E-state index contributed by atoms with van der Waals surface area (Å²) >= 11 is 9.29. The molecule has 3 saturated heterocycles. The number of nitrogens with zero attached hydrogens (tertiary/aromatic N) is 6. The summed E-state index contributed by atoms with van der Waals surface area (Å²) in [5.74, 6) is -0.157. The normalized spacial score (nSPS) is 36.3. The molecule has 0 radical (unpaired) electrons. The van der Waals surface area contributed by atoms with Crippen molar-refractivity contribution in [2.24, 2.45) is 0 Å². The van der Waals surface area contributed by atoms with Crippen molar-refractivity contribution >= 4 is 71.9 Å². The van der Waals surface area contributed by atoms with Crippen molar-refractivity contribution in [2.75, 3.05) is 24.7 Å². The average molecular weight is 712 g/mol. The Morgan fingerprint density at radius 2 is 1.87 bits per heavy atom. The Morgan fingerprint density at radius 1 is 1.09 bits per heavy atom. The second kappa shape index (κ2) is 11.4. The van der Waals surface area contributed by atoms with E-state index in [1.165, 1.54) is 27.7 Å². The van der Waals surface area contributed by atoms with Gasteiger partial charge in [-0.3, -0.25) is 0 Å². The third kappa shape index (κ3) is 5.62. The molecule has 7 N–H and O–H groups in total. The van der Waals surface area contributed by atoms with Crippen molar-refractivity contribution in [3.63, 3.8) is 0 Å². The average Bonchev–Trinajstić information content (AvgIpc) is 3.72. The molecule has 24 heteroatoms. The van der Waals surface area contributed by atoms with Gasteiger partial charge in [-0.1, -0.05) is 0 Å². The molecule has 2 bridgehead atoms. The number of fused-ring (bicyclic) bond motifs is 5. The molecule has 0 spiro atoms. The van der Waals surface area contributed by atoms with Gasteiger partial charge in [0.15, 0.2) is 0 Å². The molecule has 3 fully saturated rings. The molecule has 244 valence electrons. The van der Waals surface area contributed by atoms with E-state index in [-0.39, 0.29) is 34.0 Å². The SMILES string of the molecule is Nc1nc2c(ccn2[C@@H]2O[C@@H]3CO[P@@](O)(=S)OC4[C@@H](CO[PH](O)(S)OC2C3F)O[C@@H](n2cnc3c(N)ncnc32)[C@H]4F)c(=O)[nH]1.